The van der Waals surface area contributed by atoms with E-state index in [0.29, 0.717) is 0 Å². The third-order valence-electron chi connectivity index (χ3n) is 3.27. The molecule has 0 saturated carbocycles. The molecule has 0 bridgehead atoms. The standard InChI is InChI=1S/C17H25FN2O5.ClH/c1-4-24-16(23)19-11-17(2,3)20-9-12(21)10-25-15(22)13-7-5-6-8-14(13)18;/h5-8,12,20-21H,4,9-11H2,1-3H3,(H,19,23);1H. The maximum Gasteiger partial charge on any atom is 0.407 e. The number of nitrogens with one attached hydrogen (secondary N) is 2. The first-order valence-corrected chi connectivity index (χ1v) is 8.00. The van der Waals surface area contributed by atoms with Crippen molar-refractivity contribution in [3.8, 4) is 0 Å². The molecule has 0 heterocycles. The van der Waals surface area contributed by atoms with Gasteiger partial charge in [0.25, 0.3) is 0 Å². The summed E-state index contributed by atoms with van der Waals surface area (Å²) in [5.41, 5.74) is -0.690. The highest BCUT2D eigenvalue weighted by molar-refractivity contribution is 5.89. The number of esters is 1. The first-order valence-electron chi connectivity index (χ1n) is 8.00. The molecule has 3 N–H and O–H groups in total. The molecular weight excluding hydrogens is 367 g/mol. The van der Waals surface area contributed by atoms with E-state index in [4.69, 9.17) is 9.47 Å². The Morgan fingerprint density at radius 3 is 2.54 bits per heavy atom. The van der Waals surface area contributed by atoms with E-state index in [2.05, 4.69) is 10.6 Å². The van der Waals surface area contributed by atoms with Gasteiger partial charge in [0.05, 0.1) is 12.2 Å². The fourth-order valence-electron chi connectivity index (χ4n) is 1.87. The number of aliphatic hydroxyl groups is 1. The van der Waals surface area contributed by atoms with Gasteiger partial charge in [0.15, 0.2) is 0 Å². The van der Waals surface area contributed by atoms with E-state index in [-0.39, 0.29) is 44.3 Å². The lowest BCUT2D eigenvalue weighted by atomic mass is 10.1. The molecule has 0 radical (unpaired) electrons. The van der Waals surface area contributed by atoms with Gasteiger partial charge in [0, 0.05) is 18.6 Å². The van der Waals surface area contributed by atoms with Gasteiger partial charge >= 0.3 is 12.1 Å². The molecule has 0 aromatic heterocycles. The summed E-state index contributed by atoms with van der Waals surface area (Å²) in [7, 11) is 0. The van der Waals surface area contributed by atoms with Crippen molar-refractivity contribution in [2.24, 2.45) is 0 Å². The second-order valence-electron chi connectivity index (χ2n) is 6.07. The summed E-state index contributed by atoms with van der Waals surface area (Å²) in [6, 6.07) is 5.47. The first kappa shape index (κ1) is 24.1. The lowest BCUT2D eigenvalue weighted by Crippen LogP contribution is -2.51. The molecule has 0 aliphatic heterocycles. The Labute approximate surface area is 158 Å². The number of hydrogen-bond donors (Lipinski definition) is 3. The number of aliphatic hydroxyl groups excluding tert-OH is 1. The van der Waals surface area contributed by atoms with E-state index in [1.54, 1.807) is 6.92 Å². The van der Waals surface area contributed by atoms with Crippen molar-refractivity contribution in [1.29, 1.82) is 0 Å². The van der Waals surface area contributed by atoms with Gasteiger partial charge in [-0.05, 0) is 32.9 Å². The second kappa shape index (κ2) is 11.7. The quantitative estimate of drug-likeness (QED) is 0.555. The number of carbonyl (C=O) groups is 2. The Hall–Kier alpha value is -1.90. The van der Waals surface area contributed by atoms with Crippen LogP contribution in [-0.4, -0.2) is 55.1 Å². The van der Waals surface area contributed by atoms with Crippen LogP contribution in [0.15, 0.2) is 24.3 Å². The van der Waals surface area contributed by atoms with E-state index in [1.807, 2.05) is 13.8 Å². The first-order chi connectivity index (χ1) is 11.7. The zero-order chi connectivity index (χ0) is 18.9. The van der Waals surface area contributed by atoms with Crippen LogP contribution in [-0.2, 0) is 9.47 Å². The molecule has 148 valence electrons. The number of carbonyl (C=O) groups excluding carboxylic acids is 2. The van der Waals surface area contributed by atoms with Gasteiger partial charge in [-0.2, -0.15) is 0 Å². The van der Waals surface area contributed by atoms with Gasteiger partial charge < -0.3 is 25.2 Å². The van der Waals surface area contributed by atoms with Crippen molar-refractivity contribution in [2.45, 2.75) is 32.4 Å². The van der Waals surface area contributed by atoms with Gasteiger partial charge in [0.1, 0.15) is 18.5 Å². The lowest BCUT2D eigenvalue weighted by molar-refractivity contribution is 0.0240. The Morgan fingerprint density at radius 1 is 1.27 bits per heavy atom. The molecule has 0 aliphatic rings. The number of halogens is 2. The van der Waals surface area contributed by atoms with Crippen molar-refractivity contribution in [2.75, 3.05) is 26.3 Å². The van der Waals surface area contributed by atoms with Gasteiger partial charge in [-0.3, -0.25) is 0 Å². The minimum absolute atomic E-state index is 0. The molecule has 0 aliphatic carbocycles. The number of β-amino-alcohol motifs (C(OH)–C–C–N with tert-alkyl or cyclic N) is 1. The van der Waals surface area contributed by atoms with Crippen LogP contribution in [0.5, 0.6) is 0 Å². The van der Waals surface area contributed by atoms with Crippen LogP contribution in [0.4, 0.5) is 9.18 Å². The minimum Gasteiger partial charge on any atom is -0.459 e. The zero-order valence-electron chi connectivity index (χ0n) is 15.1. The molecule has 0 fully saturated rings. The summed E-state index contributed by atoms with van der Waals surface area (Å²) in [4.78, 5) is 23.0. The van der Waals surface area contributed by atoms with Crippen molar-refractivity contribution in [1.82, 2.24) is 10.6 Å². The van der Waals surface area contributed by atoms with Crippen molar-refractivity contribution < 1.29 is 28.6 Å². The third kappa shape index (κ3) is 8.98. The number of amides is 1. The molecular formula is C17H26ClFN2O5. The van der Waals surface area contributed by atoms with Crippen LogP contribution < -0.4 is 10.6 Å². The topological polar surface area (TPSA) is 96.9 Å². The average Bonchev–Trinajstić information content (AvgIpc) is 2.57. The summed E-state index contributed by atoms with van der Waals surface area (Å²) in [5.74, 6) is -1.51. The van der Waals surface area contributed by atoms with E-state index >= 15 is 0 Å². The van der Waals surface area contributed by atoms with Crippen molar-refractivity contribution in [3.63, 3.8) is 0 Å². The Bertz CT molecular complexity index is 586. The van der Waals surface area contributed by atoms with Crippen LogP contribution >= 0.6 is 12.4 Å². The molecule has 7 nitrogen and oxygen atoms in total. The van der Waals surface area contributed by atoms with E-state index in [9.17, 15) is 19.1 Å². The molecule has 1 aromatic rings. The van der Waals surface area contributed by atoms with Crippen LogP contribution in [0.1, 0.15) is 31.1 Å². The number of hydrogen-bond acceptors (Lipinski definition) is 6. The maximum absolute atomic E-state index is 13.5. The molecule has 0 saturated heterocycles. The largest absolute Gasteiger partial charge is 0.459 e. The SMILES string of the molecule is CCOC(=O)NCC(C)(C)NCC(O)COC(=O)c1ccccc1F.Cl. The Morgan fingerprint density at radius 2 is 1.92 bits per heavy atom. The van der Waals surface area contributed by atoms with Gasteiger partial charge in [-0.25, -0.2) is 14.0 Å². The van der Waals surface area contributed by atoms with E-state index < -0.39 is 29.5 Å². The smallest absolute Gasteiger partial charge is 0.407 e. The summed E-state index contributed by atoms with van der Waals surface area (Å²) in [5, 5.41) is 15.5. The minimum atomic E-state index is -0.974. The average molecular weight is 393 g/mol. The lowest BCUT2D eigenvalue weighted by Gasteiger charge is -2.27. The highest BCUT2D eigenvalue weighted by Gasteiger charge is 2.21. The van der Waals surface area contributed by atoms with Crippen molar-refractivity contribution in [3.05, 3.63) is 35.6 Å². The number of ether oxygens (including phenoxy) is 2. The summed E-state index contributed by atoms with van der Waals surface area (Å²) in [6.45, 7) is 5.79. The van der Waals surface area contributed by atoms with Crippen LogP contribution in [0.25, 0.3) is 0 Å². The number of benzene rings is 1. The zero-order valence-corrected chi connectivity index (χ0v) is 15.9. The Kier molecular flexibility index (Phi) is 10.8. The molecule has 0 spiro atoms. The predicted molar refractivity (Wildman–Crippen MR) is 97.0 cm³/mol. The van der Waals surface area contributed by atoms with Crippen LogP contribution in [0, 0.1) is 5.82 Å². The molecule has 9 heteroatoms. The summed E-state index contributed by atoms with van der Waals surface area (Å²) >= 11 is 0. The summed E-state index contributed by atoms with van der Waals surface area (Å²) in [6.07, 6.45) is -1.49. The summed E-state index contributed by atoms with van der Waals surface area (Å²) < 4.78 is 23.1. The second-order valence-corrected chi connectivity index (χ2v) is 6.07. The number of alkyl carbamates (subject to hydrolysis) is 1. The molecule has 1 atom stereocenters. The van der Waals surface area contributed by atoms with E-state index in [1.165, 1.54) is 18.2 Å². The molecule has 1 aromatic carbocycles. The van der Waals surface area contributed by atoms with Gasteiger partial charge in [-0.15, -0.1) is 12.4 Å². The number of rotatable bonds is 9. The fourth-order valence-corrected chi connectivity index (χ4v) is 1.87. The predicted octanol–water partition coefficient (Wildman–Crippen LogP) is 1.88. The maximum atomic E-state index is 13.5. The normalized spacial score (nSPS) is 11.9. The monoisotopic (exact) mass is 392 g/mol. The van der Waals surface area contributed by atoms with Crippen LogP contribution in [0.2, 0.25) is 0 Å². The van der Waals surface area contributed by atoms with Gasteiger partial charge in [0.2, 0.25) is 0 Å². The van der Waals surface area contributed by atoms with Crippen LogP contribution in [0.3, 0.4) is 0 Å². The highest BCUT2D eigenvalue weighted by Crippen LogP contribution is 2.08. The van der Waals surface area contributed by atoms with E-state index in [0.717, 1.165) is 6.07 Å². The molecule has 1 amide bonds. The highest BCUT2D eigenvalue weighted by atomic mass is 35.5. The molecule has 1 unspecified atom stereocenters. The molecule has 1 rings (SSSR count). The third-order valence-corrected chi connectivity index (χ3v) is 3.27. The Balaban J connectivity index is 0.00000625. The van der Waals surface area contributed by atoms with Gasteiger partial charge in [-0.1, -0.05) is 12.1 Å². The molecule has 26 heavy (non-hydrogen) atoms. The fraction of sp³-hybridized carbons (Fsp3) is 0.529. The van der Waals surface area contributed by atoms with Crippen molar-refractivity contribution >= 4 is 24.5 Å².